The molecule has 0 atom stereocenters. The van der Waals surface area contributed by atoms with E-state index in [2.05, 4.69) is 85.5 Å². The molecule has 4 saturated carbocycles. The summed E-state index contributed by atoms with van der Waals surface area (Å²) in [4.78, 5) is 37.6. The molecule has 10 aromatic rings. The van der Waals surface area contributed by atoms with Crippen molar-refractivity contribution in [3.05, 3.63) is 139 Å². The molecule has 0 bridgehead atoms. The Bertz CT molecular complexity index is 3750. The Morgan fingerprint density at radius 2 is 1.00 bits per heavy atom. The minimum Gasteiger partial charge on any atom is -0.453 e. The number of aromatic nitrogens is 12. The molecule has 0 N–H and O–H groups in total. The zero-order valence-electron chi connectivity index (χ0n) is 44.1. The molecule has 9 heterocycles. The lowest BCUT2D eigenvalue weighted by Crippen LogP contribution is -2.44. The summed E-state index contributed by atoms with van der Waals surface area (Å²) in [5, 5.41) is 20.6. The lowest BCUT2D eigenvalue weighted by Gasteiger charge is -2.25. The first-order valence-corrected chi connectivity index (χ1v) is 28.1. The molecule has 8 aromatic heterocycles. The van der Waals surface area contributed by atoms with Crippen molar-refractivity contribution in [1.82, 2.24) is 58.2 Å². The number of rotatable bonds is 10. The van der Waals surface area contributed by atoms with Crippen LogP contribution in [0.5, 0.6) is 0 Å². The van der Waals surface area contributed by atoms with Crippen molar-refractivity contribution in [2.75, 3.05) is 0 Å². The molecule has 0 amide bonds. The maximum atomic E-state index is 14.1. The highest BCUT2D eigenvalue weighted by Gasteiger charge is 2.33. The summed E-state index contributed by atoms with van der Waals surface area (Å²) in [5.74, 6) is 2.53. The topological polar surface area (TPSA) is 169 Å². The Morgan fingerprint density at radius 3 is 1.43 bits per heavy atom. The van der Waals surface area contributed by atoms with Crippen molar-refractivity contribution < 1.29 is 13.7 Å². The highest BCUT2D eigenvalue weighted by molar-refractivity contribution is 14.1. The monoisotopic (exact) mass is 1140 g/mol. The summed E-state index contributed by atoms with van der Waals surface area (Å²) in [6, 6.07) is 20.0. The van der Waals surface area contributed by atoms with Crippen LogP contribution in [0.15, 0.2) is 107 Å². The van der Waals surface area contributed by atoms with Gasteiger partial charge in [0, 0.05) is 109 Å². The van der Waals surface area contributed by atoms with Crippen LogP contribution >= 0.6 is 22.6 Å². The fraction of sp³-hybridized carbons (Fsp3) is 0.357. The van der Waals surface area contributed by atoms with Crippen molar-refractivity contribution in [3.63, 3.8) is 0 Å². The van der Waals surface area contributed by atoms with Crippen molar-refractivity contribution in [1.29, 1.82) is 0 Å². The first-order chi connectivity index (χ1) is 37.3. The van der Waals surface area contributed by atoms with Gasteiger partial charge in [-0.2, -0.15) is 29.8 Å². The van der Waals surface area contributed by atoms with Crippen molar-refractivity contribution in [2.24, 2.45) is 25.9 Å². The van der Waals surface area contributed by atoms with Crippen LogP contribution in [0.25, 0.3) is 77.5 Å². The molecule has 5 aliphatic rings. The second-order valence-electron chi connectivity index (χ2n) is 21.8. The molecule has 2 aromatic carbocycles. The largest absolute Gasteiger partial charge is 0.453 e. The average molecular weight is 1140 g/mol. The van der Waals surface area contributed by atoms with Crippen molar-refractivity contribution in [3.8, 4) is 33.6 Å². The lowest BCUT2D eigenvalue weighted by atomic mass is 9.74. The Labute approximate surface area is 459 Å². The smallest absolute Gasteiger partial charge is 0.426 e. The molecule has 15 rings (SSSR count). The van der Waals surface area contributed by atoms with Crippen LogP contribution in [0.2, 0.25) is 20.5 Å². The van der Waals surface area contributed by atoms with Crippen molar-refractivity contribution in [2.45, 2.75) is 104 Å². The van der Waals surface area contributed by atoms with E-state index >= 15 is 0 Å². The Kier molecular flexibility index (Phi) is 12.9. The molecular weight excluding hydrogens is 1080 g/mol. The van der Waals surface area contributed by atoms with Crippen LogP contribution < -0.4 is 11.1 Å². The summed E-state index contributed by atoms with van der Waals surface area (Å²) in [5.41, 5.74) is 13.0. The fourth-order valence-corrected chi connectivity index (χ4v) is 11.4. The summed E-state index contributed by atoms with van der Waals surface area (Å²) >= 11 is 2.34. The van der Waals surface area contributed by atoms with E-state index in [1.807, 2.05) is 95.8 Å². The summed E-state index contributed by atoms with van der Waals surface area (Å²) in [7, 11) is 3.40. The minimum absolute atomic E-state index is 0.119. The van der Waals surface area contributed by atoms with Gasteiger partial charge in [0.05, 0.1) is 48.1 Å². The number of benzene rings is 2. The van der Waals surface area contributed by atoms with Crippen LogP contribution in [-0.2, 0) is 40.9 Å². The van der Waals surface area contributed by atoms with Gasteiger partial charge in [0.15, 0.2) is 0 Å². The number of hydrogen-bond donors (Lipinski definition) is 0. The highest BCUT2D eigenvalue weighted by atomic mass is 127. The maximum Gasteiger partial charge on any atom is 0.426 e. The Balaban J connectivity index is 0.000000127. The lowest BCUT2D eigenvalue weighted by molar-refractivity contribution is 0.294. The molecule has 17 nitrogen and oxygen atoms in total. The fourth-order valence-electron chi connectivity index (χ4n) is 10.7. The van der Waals surface area contributed by atoms with Crippen molar-refractivity contribution >= 4 is 87.8 Å². The van der Waals surface area contributed by atoms with E-state index in [1.165, 1.54) is 51.4 Å². The van der Waals surface area contributed by atoms with Gasteiger partial charge in [0.25, 0.3) is 11.1 Å². The van der Waals surface area contributed by atoms with Gasteiger partial charge in [0.2, 0.25) is 0 Å². The number of fused-ring (bicyclic) bond motifs is 4. The Morgan fingerprint density at radius 1 is 0.558 bits per heavy atom. The molecule has 1 saturated heterocycles. The minimum atomic E-state index is -0.135. The third kappa shape index (κ3) is 10.2. The average Bonchev–Trinajstić information content (AvgIpc) is 4.29. The zero-order valence-corrected chi connectivity index (χ0v) is 46.3. The molecule has 0 spiro atoms. The van der Waals surface area contributed by atoms with Gasteiger partial charge >= 0.3 is 21.4 Å². The van der Waals surface area contributed by atoms with E-state index < -0.39 is 0 Å². The second kappa shape index (κ2) is 20.0. The highest BCUT2D eigenvalue weighted by Crippen LogP contribution is 2.42. The number of aryl methyl sites for hydroxylation is 3. The normalized spacial score (nSPS) is 16.6. The van der Waals surface area contributed by atoms with E-state index in [0.29, 0.717) is 34.8 Å². The summed E-state index contributed by atoms with van der Waals surface area (Å²) in [6.07, 6.45) is 21.8. The molecule has 5 fully saturated rings. The number of nitrogens with zero attached hydrogens (tertiary/aromatic N) is 12. The van der Waals surface area contributed by atoms with Crippen LogP contribution in [0.4, 0.5) is 0 Å². The SMILES string of the molecule is CB1OB(C)OB(C)O1.Cc1cn(CC2CC2)c2c(-c3ccc(C4CC4)nc3)c(=O)n(-c3ccc4nn(C)cc4c3)nc12.Cn1cc2cc(-n3nc4c(I)cn(CC5CC5)c4c(-c4ccc(C5CC5)nc4)c3=O)ccc2n1. The molecular formula is C56H58B3IN12O5. The summed E-state index contributed by atoms with van der Waals surface area (Å²) in [6.45, 7) is 9.50. The van der Waals surface area contributed by atoms with E-state index in [-0.39, 0.29) is 32.5 Å². The predicted molar refractivity (Wildman–Crippen MR) is 311 cm³/mol. The third-order valence-electron chi connectivity index (χ3n) is 15.2. The van der Waals surface area contributed by atoms with Gasteiger partial charge in [-0.15, -0.1) is 0 Å². The third-order valence-corrected chi connectivity index (χ3v) is 16.0. The van der Waals surface area contributed by atoms with E-state index in [4.69, 9.17) is 33.9 Å². The van der Waals surface area contributed by atoms with Gasteiger partial charge < -0.3 is 22.8 Å². The number of hydrogen-bond acceptors (Lipinski definition) is 11. The van der Waals surface area contributed by atoms with Crippen LogP contribution in [0.1, 0.15) is 80.2 Å². The van der Waals surface area contributed by atoms with E-state index in [0.717, 1.165) is 100.0 Å². The van der Waals surface area contributed by atoms with Crippen LogP contribution in [0.3, 0.4) is 0 Å². The van der Waals surface area contributed by atoms with Crippen LogP contribution in [0, 0.1) is 22.3 Å². The van der Waals surface area contributed by atoms with Gasteiger partial charge in [-0.1, -0.05) is 12.1 Å². The predicted octanol–water partition coefficient (Wildman–Crippen LogP) is 10.2. The first kappa shape index (κ1) is 49.9. The molecule has 1 aliphatic heterocycles. The van der Waals surface area contributed by atoms with Gasteiger partial charge in [-0.25, -0.2) is 0 Å². The van der Waals surface area contributed by atoms with E-state index in [1.54, 1.807) is 18.7 Å². The molecule has 0 unspecified atom stereocenters. The van der Waals surface area contributed by atoms with Gasteiger partial charge in [-0.3, -0.25) is 28.9 Å². The molecule has 388 valence electrons. The summed E-state index contributed by atoms with van der Waals surface area (Å²) < 4.78 is 27.5. The molecule has 21 heteroatoms. The number of pyridine rings is 2. The second-order valence-corrected chi connectivity index (χ2v) is 22.9. The standard InChI is InChI=1S/C27H26N6O.C26H23IN6O.C3H9B3O3/c1-16-13-32(14-17-3-4-17)26-24(19-7-9-22(28-12-19)18-5-6-18)27(34)33(30-25(16)26)21-8-10-23-20(11-21)15-31(2)29-23;1-31-13-18-10-19(7-9-22(18)29-31)33-26(34)23(17-6-8-21(28-11-17)16-4-5-16)25-24(30-33)20(27)14-32(25)12-15-2-3-15;1-4-7-5(2)9-6(3)8-4/h7-13,15,17-18H,3-6,14H2,1-2H3;6-11,13-16H,2-5,12H2,1H3;1-3H3. The maximum absolute atomic E-state index is 14.1. The van der Waals surface area contributed by atoms with Gasteiger partial charge in [-0.05, 0) is 167 Å². The quantitative estimate of drug-likeness (QED) is 0.0944. The Hall–Kier alpha value is -6.68. The zero-order chi connectivity index (χ0) is 52.8. The molecule has 4 aliphatic carbocycles. The first-order valence-electron chi connectivity index (χ1n) is 27.0. The van der Waals surface area contributed by atoms with Gasteiger partial charge in [0.1, 0.15) is 11.0 Å². The van der Waals surface area contributed by atoms with Crippen LogP contribution in [-0.4, -0.2) is 79.6 Å². The molecule has 77 heavy (non-hydrogen) atoms. The number of halogens is 1. The molecule has 0 radical (unpaired) electrons. The van der Waals surface area contributed by atoms with E-state index in [9.17, 15) is 9.59 Å².